The molecular weight excluding hydrogens is 308 g/mol. The molecule has 3 rings (SSSR count). The number of hydrogen-bond donors (Lipinski definition) is 2. The molecule has 0 saturated heterocycles. The second kappa shape index (κ2) is 7.60. The van der Waals surface area contributed by atoms with Gasteiger partial charge in [0.1, 0.15) is 12.4 Å². The van der Waals surface area contributed by atoms with E-state index in [0.29, 0.717) is 25.0 Å². The zero-order chi connectivity index (χ0) is 15.9. The molecule has 2 heterocycles. The standard InChI is InChI=1S/C17H16N4OS/c23-15-4-2-1-3-14(15)11-20-16-7-10-19-17(21-16)22-12-13-5-8-18-9-6-13/h1-10,23H,11-12H2,(H,19,20,21). The number of rotatable bonds is 6. The largest absolute Gasteiger partial charge is 0.459 e. The molecule has 0 amide bonds. The van der Waals surface area contributed by atoms with Gasteiger partial charge in [-0.1, -0.05) is 18.2 Å². The van der Waals surface area contributed by atoms with Crippen molar-refractivity contribution in [2.45, 2.75) is 18.0 Å². The van der Waals surface area contributed by atoms with Gasteiger partial charge in [-0.3, -0.25) is 4.98 Å². The molecule has 1 aromatic carbocycles. The smallest absolute Gasteiger partial charge is 0.318 e. The summed E-state index contributed by atoms with van der Waals surface area (Å²) in [6, 6.07) is 13.9. The Morgan fingerprint density at radius 2 is 1.83 bits per heavy atom. The summed E-state index contributed by atoms with van der Waals surface area (Å²) in [7, 11) is 0. The lowest BCUT2D eigenvalue weighted by atomic mass is 10.2. The fourth-order valence-corrected chi connectivity index (χ4v) is 2.22. The molecule has 2 aromatic heterocycles. The third kappa shape index (κ3) is 4.43. The molecular formula is C17H16N4OS. The lowest BCUT2D eigenvalue weighted by Gasteiger charge is -2.09. The Hall–Kier alpha value is -2.60. The fourth-order valence-electron chi connectivity index (χ4n) is 1.98. The van der Waals surface area contributed by atoms with Crippen molar-refractivity contribution in [3.05, 3.63) is 72.2 Å². The van der Waals surface area contributed by atoms with Gasteiger partial charge in [-0.2, -0.15) is 4.98 Å². The van der Waals surface area contributed by atoms with Crippen molar-refractivity contribution in [3.8, 4) is 6.01 Å². The molecule has 23 heavy (non-hydrogen) atoms. The first kappa shape index (κ1) is 15.3. The highest BCUT2D eigenvalue weighted by atomic mass is 32.1. The van der Waals surface area contributed by atoms with Gasteiger partial charge >= 0.3 is 6.01 Å². The third-order valence-electron chi connectivity index (χ3n) is 3.20. The fraction of sp³-hybridized carbons (Fsp3) is 0.118. The number of benzene rings is 1. The van der Waals surface area contributed by atoms with Crippen molar-refractivity contribution in [3.63, 3.8) is 0 Å². The predicted octanol–water partition coefficient (Wildman–Crippen LogP) is 3.35. The molecule has 3 aromatic rings. The van der Waals surface area contributed by atoms with E-state index in [0.717, 1.165) is 16.0 Å². The Labute approximate surface area is 140 Å². The van der Waals surface area contributed by atoms with Crippen LogP contribution in [0.25, 0.3) is 0 Å². The Bertz CT molecular complexity index is 767. The lowest BCUT2D eigenvalue weighted by molar-refractivity contribution is 0.281. The zero-order valence-corrected chi connectivity index (χ0v) is 13.3. The average Bonchev–Trinajstić information content (AvgIpc) is 2.61. The van der Waals surface area contributed by atoms with Crippen LogP contribution in [0.15, 0.2) is 66.0 Å². The molecule has 0 radical (unpaired) electrons. The first-order chi connectivity index (χ1) is 11.3. The van der Waals surface area contributed by atoms with Gasteiger partial charge in [-0.05, 0) is 35.4 Å². The molecule has 0 fully saturated rings. The summed E-state index contributed by atoms with van der Waals surface area (Å²) < 4.78 is 5.60. The molecule has 0 saturated carbocycles. The number of thiol groups is 1. The minimum atomic E-state index is 0.339. The summed E-state index contributed by atoms with van der Waals surface area (Å²) in [5, 5.41) is 3.25. The van der Waals surface area contributed by atoms with Gasteiger partial charge in [0.2, 0.25) is 0 Å². The molecule has 0 aliphatic rings. The van der Waals surface area contributed by atoms with E-state index in [4.69, 9.17) is 4.74 Å². The van der Waals surface area contributed by atoms with Crippen LogP contribution in [0.1, 0.15) is 11.1 Å². The van der Waals surface area contributed by atoms with Gasteiger partial charge in [0, 0.05) is 30.0 Å². The van der Waals surface area contributed by atoms with Crippen molar-refractivity contribution in [1.29, 1.82) is 0 Å². The van der Waals surface area contributed by atoms with Crippen LogP contribution in [0.2, 0.25) is 0 Å². The summed E-state index contributed by atoms with van der Waals surface area (Å²) in [5.41, 5.74) is 2.12. The van der Waals surface area contributed by atoms with Crippen LogP contribution in [0.3, 0.4) is 0 Å². The molecule has 0 unspecified atom stereocenters. The minimum absolute atomic E-state index is 0.339. The van der Waals surface area contributed by atoms with E-state index in [9.17, 15) is 0 Å². The van der Waals surface area contributed by atoms with E-state index in [1.807, 2.05) is 36.4 Å². The summed E-state index contributed by atoms with van der Waals surface area (Å²) in [5.74, 6) is 0.710. The quantitative estimate of drug-likeness (QED) is 0.681. The van der Waals surface area contributed by atoms with Gasteiger partial charge in [-0.25, -0.2) is 4.98 Å². The molecule has 1 N–H and O–H groups in total. The van der Waals surface area contributed by atoms with Crippen LogP contribution in [-0.2, 0) is 13.2 Å². The molecule has 6 heteroatoms. The molecule has 116 valence electrons. The monoisotopic (exact) mass is 324 g/mol. The summed E-state index contributed by atoms with van der Waals surface area (Å²) in [6.45, 7) is 1.05. The van der Waals surface area contributed by atoms with Crippen LogP contribution in [0.5, 0.6) is 6.01 Å². The first-order valence-corrected chi connectivity index (χ1v) is 7.61. The second-order valence-corrected chi connectivity index (χ2v) is 5.33. The highest BCUT2D eigenvalue weighted by Crippen LogP contribution is 2.15. The number of nitrogens with one attached hydrogen (secondary N) is 1. The lowest BCUT2D eigenvalue weighted by Crippen LogP contribution is -2.05. The molecule has 0 bridgehead atoms. The normalized spacial score (nSPS) is 10.3. The van der Waals surface area contributed by atoms with Crippen molar-refractivity contribution >= 4 is 18.4 Å². The molecule has 0 spiro atoms. The maximum Gasteiger partial charge on any atom is 0.318 e. The highest BCUT2D eigenvalue weighted by molar-refractivity contribution is 7.80. The van der Waals surface area contributed by atoms with Crippen molar-refractivity contribution in [2.24, 2.45) is 0 Å². The number of aromatic nitrogens is 3. The Morgan fingerprint density at radius 3 is 2.65 bits per heavy atom. The summed E-state index contributed by atoms with van der Waals surface area (Å²) in [6.07, 6.45) is 5.13. The van der Waals surface area contributed by atoms with Crippen molar-refractivity contribution < 1.29 is 4.74 Å². The maximum atomic E-state index is 5.60. The highest BCUT2D eigenvalue weighted by Gasteiger charge is 2.03. The number of nitrogens with zero attached hydrogens (tertiary/aromatic N) is 3. The Kier molecular flexibility index (Phi) is 5.06. The van der Waals surface area contributed by atoms with E-state index in [1.54, 1.807) is 24.7 Å². The SMILES string of the molecule is Sc1ccccc1CNc1ccnc(OCc2ccncc2)n1. The third-order valence-corrected chi connectivity index (χ3v) is 3.64. The minimum Gasteiger partial charge on any atom is -0.459 e. The molecule has 0 atom stereocenters. The summed E-state index contributed by atoms with van der Waals surface area (Å²) >= 11 is 4.44. The van der Waals surface area contributed by atoms with Crippen molar-refractivity contribution in [1.82, 2.24) is 15.0 Å². The topological polar surface area (TPSA) is 59.9 Å². The van der Waals surface area contributed by atoms with E-state index in [2.05, 4.69) is 32.9 Å². The van der Waals surface area contributed by atoms with Crippen molar-refractivity contribution in [2.75, 3.05) is 5.32 Å². The van der Waals surface area contributed by atoms with Gasteiger partial charge < -0.3 is 10.1 Å². The van der Waals surface area contributed by atoms with E-state index < -0.39 is 0 Å². The molecule has 0 aliphatic carbocycles. The predicted molar refractivity (Wildman–Crippen MR) is 91.6 cm³/mol. The van der Waals surface area contributed by atoms with E-state index >= 15 is 0 Å². The van der Waals surface area contributed by atoms with Gasteiger partial charge in [0.05, 0.1) is 0 Å². The van der Waals surface area contributed by atoms with Crippen LogP contribution in [0.4, 0.5) is 5.82 Å². The van der Waals surface area contributed by atoms with E-state index in [1.165, 1.54) is 0 Å². The molecule has 0 aliphatic heterocycles. The van der Waals surface area contributed by atoms with Gasteiger partial charge in [0.15, 0.2) is 0 Å². The average molecular weight is 324 g/mol. The maximum absolute atomic E-state index is 5.60. The second-order valence-electron chi connectivity index (χ2n) is 4.85. The number of anilines is 1. The van der Waals surface area contributed by atoms with Crippen LogP contribution in [0, 0.1) is 0 Å². The summed E-state index contributed by atoms with van der Waals surface area (Å²) in [4.78, 5) is 13.4. The first-order valence-electron chi connectivity index (χ1n) is 7.17. The van der Waals surface area contributed by atoms with Gasteiger partial charge in [-0.15, -0.1) is 12.6 Å². The Balaban J connectivity index is 1.60. The molecule has 5 nitrogen and oxygen atoms in total. The van der Waals surface area contributed by atoms with Crippen LogP contribution in [-0.4, -0.2) is 15.0 Å². The van der Waals surface area contributed by atoms with Crippen LogP contribution < -0.4 is 10.1 Å². The Morgan fingerprint density at radius 1 is 1.00 bits per heavy atom. The van der Waals surface area contributed by atoms with Crippen LogP contribution >= 0.6 is 12.6 Å². The number of pyridine rings is 1. The van der Waals surface area contributed by atoms with E-state index in [-0.39, 0.29) is 0 Å². The number of ether oxygens (including phenoxy) is 1. The number of hydrogen-bond acceptors (Lipinski definition) is 6. The van der Waals surface area contributed by atoms with Gasteiger partial charge in [0.25, 0.3) is 0 Å². The zero-order valence-electron chi connectivity index (χ0n) is 12.4.